The number of hydrogen-bond donors (Lipinski definition) is 1. The van der Waals surface area contributed by atoms with Gasteiger partial charge in [0.1, 0.15) is 5.52 Å². The fourth-order valence-corrected chi connectivity index (χ4v) is 4.66. The van der Waals surface area contributed by atoms with Gasteiger partial charge in [0.25, 0.3) is 0 Å². The molecule has 0 spiro atoms. The van der Waals surface area contributed by atoms with Gasteiger partial charge in [-0.25, -0.2) is 18.1 Å². The van der Waals surface area contributed by atoms with Crippen molar-refractivity contribution in [2.45, 2.75) is 44.7 Å². The van der Waals surface area contributed by atoms with Crippen molar-refractivity contribution in [3.63, 3.8) is 0 Å². The molecule has 2 aromatic heterocycles. The van der Waals surface area contributed by atoms with Crippen LogP contribution in [0.1, 0.15) is 32.6 Å². The first-order valence-electron chi connectivity index (χ1n) is 9.83. The number of benzene rings is 1. The molecule has 1 saturated carbocycles. The Balaban J connectivity index is 1.48. The van der Waals surface area contributed by atoms with Crippen LogP contribution in [-0.4, -0.2) is 58.3 Å². The molecule has 0 aliphatic heterocycles. The highest BCUT2D eigenvalue weighted by Crippen LogP contribution is 2.25. The molecule has 1 aliphatic rings. The van der Waals surface area contributed by atoms with Crippen LogP contribution in [0.3, 0.4) is 0 Å². The molecular formula is C19H25N7O2S. The van der Waals surface area contributed by atoms with Crippen LogP contribution in [0.25, 0.3) is 16.9 Å². The molecule has 1 aromatic carbocycles. The van der Waals surface area contributed by atoms with Crippen molar-refractivity contribution >= 4 is 27.0 Å². The normalized spacial score (nSPS) is 20.1. The highest BCUT2D eigenvalue weighted by molar-refractivity contribution is 7.89. The third-order valence-corrected chi connectivity index (χ3v) is 6.94. The second-order valence-corrected chi connectivity index (χ2v) is 9.38. The molecule has 0 radical (unpaired) electrons. The predicted octanol–water partition coefficient (Wildman–Crippen LogP) is 1.90. The van der Waals surface area contributed by atoms with E-state index in [9.17, 15) is 8.42 Å². The van der Waals surface area contributed by atoms with E-state index in [0.717, 1.165) is 36.7 Å². The minimum Gasteiger partial charge on any atom is -0.341 e. The van der Waals surface area contributed by atoms with E-state index in [1.165, 1.54) is 0 Å². The standard InChI is InChI=1S/C19H25N7O2S/c1-3-29(27,28)23-14-8-10-15(11-9-14)25(2)19-20-13-12-18(21-19)26-17-7-5-4-6-16(17)22-24-26/h4-7,12-15,23H,3,8-11H2,1-2H3. The summed E-state index contributed by atoms with van der Waals surface area (Å²) in [5.74, 6) is 1.41. The molecule has 10 heteroatoms. The number of fused-ring (bicyclic) bond motifs is 1. The van der Waals surface area contributed by atoms with Crippen LogP contribution in [0.5, 0.6) is 0 Å². The molecule has 1 N–H and O–H groups in total. The zero-order chi connectivity index (χ0) is 20.4. The number of hydrogen-bond acceptors (Lipinski definition) is 7. The highest BCUT2D eigenvalue weighted by atomic mass is 32.2. The van der Waals surface area contributed by atoms with Crippen molar-refractivity contribution in [3.8, 4) is 5.82 Å². The average molecular weight is 416 g/mol. The van der Waals surface area contributed by atoms with Gasteiger partial charge < -0.3 is 4.90 Å². The van der Waals surface area contributed by atoms with E-state index in [4.69, 9.17) is 4.98 Å². The summed E-state index contributed by atoms with van der Waals surface area (Å²) in [4.78, 5) is 11.2. The van der Waals surface area contributed by atoms with Crippen molar-refractivity contribution in [3.05, 3.63) is 36.5 Å². The van der Waals surface area contributed by atoms with Crippen molar-refractivity contribution in [1.82, 2.24) is 29.7 Å². The number of nitrogens with zero attached hydrogens (tertiary/aromatic N) is 6. The lowest BCUT2D eigenvalue weighted by Gasteiger charge is -2.34. The Morgan fingerprint density at radius 1 is 1.17 bits per heavy atom. The molecule has 154 valence electrons. The van der Waals surface area contributed by atoms with Crippen LogP contribution in [0.2, 0.25) is 0 Å². The van der Waals surface area contributed by atoms with Crippen molar-refractivity contribution in [2.24, 2.45) is 0 Å². The van der Waals surface area contributed by atoms with E-state index in [1.54, 1.807) is 17.8 Å². The van der Waals surface area contributed by atoms with Gasteiger partial charge in [-0.1, -0.05) is 17.3 Å². The number of anilines is 1. The van der Waals surface area contributed by atoms with Gasteiger partial charge in [-0.2, -0.15) is 9.67 Å². The third-order valence-electron chi connectivity index (χ3n) is 5.48. The lowest BCUT2D eigenvalue weighted by Crippen LogP contribution is -2.43. The zero-order valence-electron chi connectivity index (χ0n) is 16.6. The Bertz CT molecular complexity index is 1090. The van der Waals surface area contributed by atoms with Gasteiger partial charge in [-0.05, 0) is 44.7 Å². The summed E-state index contributed by atoms with van der Waals surface area (Å²) in [6.45, 7) is 1.66. The van der Waals surface area contributed by atoms with Crippen molar-refractivity contribution < 1.29 is 8.42 Å². The summed E-state index contributed by atoms with van der Waals surface area (Å²) in [6, 6.07) is 9.84. The molecule has 3 aromatic rings. The quantitative estimate of drug-likeness (QED) is 0.655. The van der Waals surface area contributed by atoms with Crippen LogP contribution in [0, 0.1) is 0 Å². The minimum absolute atomic E-state index is 0.0124. The monoisotopic (exact) mass is 415 g/mol. The Morgan fingerprint density at radius 3 is 2.69 bits per heavy atom. The van der Waals surface area contributed by atoms with E-state index in [1.807, 2.05) is 37.4 Å². The number of para-hydroxylation sites is 1. The van der Waals surface area contributed by atoms with Gasteiger partial charge >= 0.3 is 0 Å². The van der Waals surface area contributed by atoms with Gasteiger partial charge in [0, 0.05) is 31.4 Å². The van der Waals surface area contributed by atoms with Crippen LogP contribution < -0.4 is 9.62 Å². The molecular weight excluding hydrogens is 390 g/mol. The Morgan fingerprint density at radius 2 is 1.93 bits per heavy atom. The Kier molecular flexibility index (Phi) is 5.46. The summed E-state index contributed by atoms with van der Waals surface area (Å²) in [7, 11) is -1.18. The second-order valence-electron chi connectivity index (χ2n) is 7.34. The molecule has 2 heterocycles. The van der Waals surface area contributed by atoms with E-state index in [-0.39, 0.29) is 17.8 Å². The number of aromatic nitrogens is 5. The smallest absolute Gasteiger partial charge is 0.227 e. The van der Waals surface area contributed by atoms with Crippen molar-refractivity contribution in [1.29, 1.82) is 0 Å². The third kappa shape index (κ3) is 4.23. The molecule has 0 amide bonds. The Hall–Kier alpha value is -2.59. The van der Waals surface area contributed by atoms with E-state index < -0.39 is 10.0 Å². The Labute approximate surface area is 170 Å². The summed E-state index contributed by atoms with van der Waals surface area (Å²) in [6.07, 6.45) is 5.11. The molecule has 0 saturated heterocycles. The molecule has 1 aliphatic carbocycles. The van der Waals surface area contributed by atoms with Gasteiger partial charge in [0.2, 0.25) is 16.0 Å². The largest absolute Gasteiger partial charge is 0.341 e. The first kappa shape index (κ1) is 19.7. The molecule has 0 unspecified atom stereocenters. The molecule has 0 bridgehead atoms. The summed E-state index contributed by atoms with van der Waals surface area (Å²) < 4.78 is 28.1. The summed E-state index contributed by atoms with van der Waals surface area (Å²) >= 11 is 0. The predicted molar refractivity (Wildman–Crippen MR) is 111 cm³/mol. The summed E-state index contributed by atoms with van der Waals surface area (Å²) in [5, 5.41) is 8.41. The van der Waals surface area contributed by atoms with E-state index in [0.29, 0.717) is 11.8 Å². The van der Waals surface area contributed by atoms with Crippen LogP contribution in [0.4, 0.5) is 5.95 Å². The van der Waals surface area contributed by atoms with Crippen LogP contribution in [-0.2, 0) is 10.0 Å². The van der Waals surface area contributed by atoms with Crippen LogP contribution >= 0.6 is 0 Å². The average Bonchev–Trinajstić information content (AvgIpc) is 3.18. The maximum Gasteiger partial charge on any atom is 0.227 e. The zero-order valence-corrected chi connectivity index (χ0v) is 17.4. The van der Waals surface area contributed by atoms with Gasteiger partial charge in [-0.15, -0.1) is 5.10 Å². The highest BCUT2D eigenvalue weighted by Gasteiger charge is 2.27. The number of sulfonamides is 1. The SMILES string of the molecule is CCS(=O)(=O)NC1CCC(N(C)c2nccc(-n3nnc4ccccc43)n2)CC1. The first-order chi connectivity index (χ1) is 14.0. The maximum absolute atomic E-state index is 11.8. The number of rotatable bonds is 6. The van der Waals surface area contributed by atoms with Gasteiger partial charge in [0.15, 0.2) is 5.82 Å². The topological polar surface area (TPSA) is 106 Å². The first-order valence-corrected chi connectivity index (χ1v) is 11.5. The van der Waals surface area contributed by atoms with Crippen molar-refractivity contribution in [2.75, 3.05) is 17.7 Å². The van der Waals surface area contributed by atoms with Crippen LogP contribution in [0.15, 0.2) is 36.5 Å². The molecule has 1 fully saturated rings. The van der Waals surface area contributed by atoms with E-state index >= 15 is 0 Å². The fourth-order valence-electron chi connectivity index (χ4n) is 3.75. The van der Waals surface area contributed by atoms with E-state index in [2.05, 4.69) is 24.9 Å². The maximum atomic E-state index is 11.8. The van der Waals surface area contributed by atoms with Gasteiger partial charge in [0.05, 0.1) is 11.3 Å². The molecule has 9 nitrogen and oxygen atoms in total. The number of nitrogens with one attached hydrogen (secondary N) is 1. The minimum atomic E-state index is -3.16. The second kappa shape index (κ2) is 8.03. The molecule has 0 atom stereocenters. The van der Waals surface area contributed by atoms with Gasteiger partial charge in [-0.3, -0.25) is 0 Å². The summed E-state index contributed by atoms with van der Waals surface area (Å²) in [5.41, 5.74) is 1.71. The lowest BCUT2D eigenvalue weighted by atomic mass is 9.91. The fraction of sp³-hybridized carbons (Fsp3) is 0.474. The molecule has 29 heavy (non-hydrogen) atoms. The lowest BCUT2D eigenvalue weighted by molar-refractivity contribution is 0.363. The molecule has 4 rings (SSSR count).